The number of aryl methyl sites for hydroxylation is 1. The molecule has 0 aliphatic carbocycles. The van der Waals surface area contributed by atoms with E-state index in [0.717, 1.165) is 5.56 Å². The number of aromatic nitrogens is 1. The maximum Gasteiger partial charge on any atom is 0.263 e. The first-order valence-corrected chi connectivity index (χ1v) is 6.43. The minimum absolute atomic E-state index is 0.160. The van der Waals surface area contributed by atoms with Crippen molar-refractivity contribution < 1.29 is 13.3 Å². The lowest BCUT2D eigenvalue weighted by Crippen LogP contribution is -2.22. The lowest BCUT2D eigenvalue weighted by molar-refractivity contribution is 0.153. The molecule has 0 aliphatic rings. The summed E-state index contributed by atoms with van der Waals surface area (Å²) < 4.78 is 23.8. The number of pyridine rings is 1. The van der Waals surface area contributed by atoms with Crippen LogP contribution in [0, 0.1) is 6.92 Å². The molecule has 1 aromatic carbocycles. The van der Waals surface area contributed by atoms with Crippen molar-refractivity contribution in [2.45, 2.75) is 11.8 Å². The van der Waals surface area contributed by atoms with Gasteiger partial charge in [-0.25, -0.2) is 8.42 Å². The lowest BCUT2D eigenvalue weighted by atomic mass is 10.1. The number of rotatable bonds is 3. The Morgan fingerprint density at radius 2 is 2.06 bits per heavy atom. The number of nitrogens with one attached hydrogen (secondary N) is 1. The number of benzene rings is 1. The molecule has 2 rings (SSSR count). The second-order valence-electron chi connectivity index (χ2n) is 3.57. The Hall–Kier alpha value is -1.50. The average molecular weight is 252 g/mol. The standard InChI is InChI=1S/C11H12N2O3S/c1-8-5-6-10(17(14,15)13-16-2)9-4-3-7-12-11(8)9/h3-7,13H,1-2H3. The van der Waals surface area contributed by atoms with Gasteiger partial charge < -0.3 is 0 Å². The van der Waals surface area contributed by atoms with Gasteiger partial charge in [-0.1, -0.05) is 11.0 Å². The molecule has 17 heavy (non-hydrogen) atoms. The predicted octanol–water partition coefficient (Wildman–Crippen LogP) is 1.38. The van der Waals surface area contributed by atoms with E-state index in [-0.39, 0.29) is 4.90 Å². The Kier molecular flexibility index (Phi) is 3.10. The molecule has 0 spiro atoms. The summed E-state index contributed by atoms with van der Waals surface area (Å²) in [5.41, 5.74) is 1.60. The largest absolute Gasteiger partial charge is 0.290 e. The van der Waals surface area contributed by atoms with Gasteiger partial charge in [-0.05, 0) is 30.7 Å². The van der Waals surface area contributed by atoms with Gasteiger partial charge in [0.05, 0.1) is 17.5 Å². The molecular weight excluding hydrogens is 240 g/mol. The molecular formula is C11H12N2O3S. The van der Waals surface area contributed by atoms with Crippen molar-refractivity contribution in [3.05, 3.63) is 36.0 Å². The van der Waals surface area contributed by atoms with Crippen LogP contribution in [0.3, 0.4) is 0 Å². The summed E-state index contributed by atoms with van der Waals surface area (Å²) in [5, 5.41) is 0.581. The predicted molar refractivity (Wildman–Crippen MR) is 63.8 cm³/mol. The van der Waals surface area contributed by atoms with Gasteiger partial charge >= 0.3 is 0 Å². The van der Waals surface area contributed by atoms with E-state index in [4.69, 9.17) is 0 Å². The van der Waals surface area contributed by atoms with Crippen LogP contribution in [-0.4, -0.2) is 20.5 Å². The van der Waals surface area contributed by atoms with Crippen LogP contribution in [-0.2, 0) is 14.9 Å². The van der Waals surface area contributed by atoms with Gasteiger partial charge in [-0.2, -0.15) is 0 Å². The second-order valence-corrected chi connectivity index (χ2v) is 5.18. The van der Waals surface area contributed by atoms with Gasteiger partial charge in [0, 0.05) is 11.6 Å². The number of hydrogen-bond donors (Lipinski definition) is 1. The van der Waals surface area contributed by atoms with Crippen molar-refractivity contribution in [2.75, 3.05) is 7.11 Å². The number of sulfonamides is 1. The summed E-state index contributed by atoms with van der Waals surface area (Å²) in [4.78, 5) is 10.8. The molecule has 6 heteroatoms. The summed E-state index contributed by atoms with van der Waals surface area (Å²) in [6.45, 7) is 1.88. The summed E-state index contributed by atoms with van der Waals surface area (Å²) >= 11 is 0. The SMILES string of the molecule is CONS(=O)(=O)c1ccc(C)c2ncccc12. The fourth-order valence-electron chi connectivity index (χ4n) is 1.68. The first-order valence-electron chi connectivity index (χ1n) is 4.95. The molecule has 0 aliphatic heterocycles. The van der Waals surface area contributed by atoms with Gasteiger partial charge in [0.25, 0.3) is 10.0 Å². The van der Waals surface area contributed by atoms with E-state index in [1.54, 1.807) is 30.5 Å². The molecule has 0 atom stereocenters. The molecule has 0 radical (unpaired) electrons. The van der Waals surface area contributed by atoms with E-state index in [1.165, 1.54) is 7.11 Å². The summed E-state index contributed by atoms with van der Waals surface area (Å²) in [7, 11) is -2.41. The Balaban J connectivity index is 2.76. The molecule has 0 bridgehead atoms. The molecule has 5 nitrogen and oxygen atoms in total. The zero-order valence-corrected chi connectivity index (χ0v) is 10.3. The molecule has 1 N–H and O–H groups in total. The Morgan fingerprint density at radius 1 is 1.29 bits per heavy atom. The minimum atomic E-state index is -3.67. The molecule has 0 saturated carbocycles. The zero-order chi connectivity index (χ0) is 12.5. The Labute approximate surface area is 99.4 Å². The zero-order valence-electron chi connectivity index (χ0n) is 9.47. The fourth-order valence-corrected chi connectivity index (χ4v) is 2.69. The Morgan fingerprint density at radius 3 is 2.76 bits per heavy atom. The number of fused-ring (bicyclic) bond motifs is 1. The second kappa shape index (κ2) is 4.40. The van der Waals surface area contributed by atoms with Crippen LogP contribution in [0.25, 0.3) is 10.9 Å². The maximum atomic E-state index is 11.9. The van der Waals surface area contributed by atoms with Crippen LogP contribution in [0.1, 0.15) is 5.56 Å². The van der Waals surface area contributed by atoms with Crippen LogP contribution >= 0.6 is 0 Å². The normalized spacial score (nSPS) is 11.9. The van der Waals surface area contributed by atoms with Crippen LogP contribution < -0.4 is 4.89 Å². The van der Waals surface area contributed by atoms with E-state index in [2.05, 4.69) is 9.82 Å². The summed E-state index contributed by atoms with van der Waals surface area (Å²) in [6, 6.07) is 6.69. The van der Waals surface area contributed by atoms with Crippen molar-refractivity contribution in [3.8, 4) is 0 Å². The molecule has 0 fully saturated rings. The monoisotopic (exact) mass is 252 g/mol. The summed E-state index contributed by atoms with van der Waals surface area (Å²) in [6.07, 6.45) is 1.63. The highest BCUT2D eigenvalue weighted by atomic mass is 32.2. The van der Waals surface area contributed by atoms with Gasteiger partial charge in [0.2, 0.25) is 0 Å². The molecule has 90 valence electrons. The van der Waals surface area contributed by atoms with Crippen LogP contribution in [0.2, 0.25) is 0 Å². The Bertz CT molecular complexity index is 653. The van der Waals surface area contributed by atoms with E-state index in [9.17, 15) is 8.42 Å². The molecule has 0 saturated heterocycles. The molecule has 1 heterocycles. The maximum absolute atomic E-state index is 11.9. The van der Waals surface area contributed by atoms with E-state index in [0.29, 0.717) is 10.9 Å². The van der Waals surface area contributed by atoms with Gasteiger partial charge in [0.15, 0.2) is 0 Å². The van der Waals surface area contributed by atoms with Crippen molar-refractivity contribution >= 4 is 20.9 Å². The minimum Gasteiger partial charge on any atom is -0.290 e. The van der Waals surface area contributed by atoms with Crippen molar-refractivity contribution in [1.29, 1.82) is 0 Å². The molecule has 0 amide bonds. The highest BCUT2D eigenvalue weighted by Crippen LogP contribution is 2.23. The quantitative estimate of drug-likeness (QED) is 0.838. The number of hydrogen-bond acceptors (Lipinski definition) is 4. The van der Waals surface area contributed by atoms with E-state index in [1.807, 2.05) is 11.8 Å². The van der Waals surface area contributed by atoms with Crippen molar-refractivity contribution in [1.82, 2.24) is 9.87 Å². The third-order valence-corrected chi connectivity index (χ3v) is 3.74. The van der Waals surface area contributed by atoms with E-state index < -0.39 is 10.0 Å². The van der Waals surface area contributed by atoms with Crippen LogP contribution in [0.4, 0.5) is 0 Å². The summed E-state index contributed by atoms with van der Waals surface area (Å²) in [5.74, 6) is 0. The van der Waals surface area contributed by atoms with Crippen molar-refractivity contribution in [3.63, 3.8) is 0 Å². The fraction of sp³-hybridized carbons (Fsp3) is 0.182. The third kappa shape index (κ3) is 2.14. The molecule has 0 unspecified atom stereocenters. The lowest BCUT2D eigenvalue weighted by Gasteiger charge is -2.08. The highest BCUT2D eigenvalue weighted by molar-refractivity contribution is 7.89. The topological polar surface area (TPSA) is 68.3 Å². The number of nitrogens with zero attached hydrogens (tertiary/aromatic N) is 1. The smallest absolute Gasteiger partial charge is 0.263 e. The van der Waals surface area contributed by atoms with Crippen LogP contribution in [0.5, 0.6) is 0 Å². The van der Waals surface area contributed by atoms with Gasteiger partial charge in [0.1, 0.15) is 0 Å². The van der Waals surface area contributed by atoms with Crippen molar-refractivity contribution in [2.24, 2.45) is 0 Å². The van der Waals surface area contributed by atoms with E-state index >= 15 is 0 Å². The highest BCUT2D eigenvalue weighted by Gasteiger charge is 2.17. The van der Waals surface area contributed by atoms with Gasteiger partial charge in [-0.3, -0.25) is 9.82 Å². The first kappa shape index (κ1) is 12.0. The van der Waals surface area contributed by atoms with Gasteiger partial charge in [-0.15, -0.1) is 0 Å². The first-order chi connectivity index (χ1) is 8.06. The third-order valence-electron chi connectivity index (χ3n) is 2.41. The molecule has 1 aromatic heterocycles. The van der Waals surface area contributed by atoms with Crippen LogP contribution in [0.15, 0.2) is 35.4 Å². The average Bonchev–Trinajstić information content (AvgIpc) is 2.29. The molecule has 2 aromatic rings.